The third-order valence-electron chi connectivity index (χ3n) is 7.05. The van der Waals surface area contributed by atoms with Crippen molar-refractivity contribution < 1.29 is 14.6 Å². The third kappa shape index (κ3) is 4.02. The number of thiocarbonyl (C=S) groups is 1. The third-order valence-corrected chi connectivity index (χ3v) is 8.38. The zero-order valence-corrected chi connectivity index (χ0v) is 19.8. The molecular formula is C25H28N2O3S2. The lowest BCUT2D eigenvalue weighted by molar-refractivity contribution is -0.124. The van der Waals surface area contributed by atoms with Gasteiger partial charge < -0.3 is 14.8 Å². The number of H-pyrrole nitrogens is 1. The molecule has 0 spiro atoms. The van der Waals surface area contributed by atoms with Crippen molar-refractivity contribution in [2.45, 2.75) is 44.6 Å². The molecular weight excluding hydrogens is 440 g/mol. The number of nitrogens with zero attached hydrogens (tertiary/aromatic N) is 1. The first-order chi connectivity index (χ1) is 15.6. The summed E-state index contributed by atoms with van der Waals surface area (Å²) in [6.07, 6.45) is 8.20. The lowest BCUT2D eigenvalue weighted by atomic mass is 9.94. The van der Waals surface area contributed by atoms with Crippen molar-refractivity contribution in [3.8, 4) is 17.0 Å². The van der Waals surface area contributed by atoms with Crippen LogP contribution in [0.25, 0.3) is 17.3 Å². The van der Waals surface area contributed by atoms with E-state index in [1.807, 2.05) is 35.2 Å². The monoisotopic (exact) mass is 468 g/mol. The summed E-state index contributed by atoms with van der Waals surface area (Å²) in [5, 5.41) is 9.36. The van der Waals surface area contributed by atoms with Gasteiger partial charge in [0.05, 0.1) is 12.0 Å². The van der Waals surface area contributed by atoms with Crippen molar-refractivity contribution in [2.75, 3.05) is 13.7 Å². The maximum Gasteiger partial charge on any atom is 0.266 e. The van der Waals surface area contributed by atoms with Crippen LogP contribution in [0.1, 0.15) is 43.4 Å². The van der Waals surface area contributed by atoms with Crippen LogP contribution >= 0.6 is 24.0 Å². The number of aromatic nitrogens is 1. The number of amides is 1. The molecule has 2 N–H and O–H groups in total. The number of rotatable bonds is 7. The van der Waals surface area contributed by atoms with E-state index in [0.29, 0.717) is 21.6 Å². The van der Waals surface area contributed by atoms with Crippen molar-refractivity contribution in [2.24, 2.45) is 11.8 Å². The van der Waals surface area contributed by atoms with E-state index >= 15 is 0 Å². The van der Waals surface area contributed by atoms with Crippen molar-refractivity contribution in [3.63, 3.8) is 0 Å². The van der Waals surface area contributed by atoms with Crippen LogP contribution < -0.4 is 4.74 Å². The van der Waals surface area contributed by atoms with Crippen LogP contribution in [0.4, 0.5) is 0 Å². The number of hydrogen-bond donors (Lipinski definition) is 2. The predicted octanol–water partition coefficient (Wildman–Crippen LogP) is 5.01. The summed E-state index contributed by atoms with van der Waals surface area (Å²) >= 11 is 7.06. The first-order valence-electron chi connectivity index (χ1n) is 11.3. The fourth-order valence-electron chi connectivity index (χ4n) is 5.49. The van der Waals surface area contributed by atoms with Gasteiger partial charge in [-0.15, -0.1) is 0 Å². The fourth-order valence-corrected chi connectivity index (χ4v) is 6.84. The van der Waals surface area contributed by atoms with E-state index < -0.39 is 0 Å². The van der Waals surface area contributed by atoms with E-state index in [1.54, 1.807) is 7.11 Å². The molecule has 2 heterocycles. The number of aryl methyl sites for hydroxylation is 1. The molecule has 2 aromatic rings. The number of benzene rings is 1. The molecule has 168 valence electrons. The Morgan fingerprint density at radius 1 is 1.31 bits per heavy atom. The van der Waals surface area contributed by atoms with Gasteiger partial charge in [-0.25, -0.2) is 0 Å². The van der Waals surface area contributed by atoms with Crippen LogP contribution in [0, 0.1) is 11.8 Å². The smallest absolute Gasteiger partial charge is 0.266 e. The summed E-state index contributed by atoms with van der Waals surface area (Å²) in [6.45, 7) is 0.130. The minimum atomic E-state index is 0.0446. The highest BCUT2D eigenvalue weighted by molar-refractivity contribution is 8.26. The Balaban J connectivity index is 1.45. The minimum absolute atomic E-state index is 0.0446. The first kappa shape index (κ1) is 21.7. The molecule has 1 saturated heterocycles. The Hall–Kier alpha value is -2.09. The zero-order valence-electron chi connectivity index (χ0n) is 18.2. The number of nitrogens with one attached hydrogen (secondary N) is 1. The van der Waals surface area contributed by atoms with Crippen molar-refractivity contribution >= 4 is 40.3 Å². The van der Waals surface area contributed by atoms with Crippen molar-refractivity contribution in [3.05, 3.63) is 46.5 Å². The van der Waals surface area contributed by atoms with Crippen LogP contribution in [0.3, 0.4) is 0 Å². The number of hydrogen-bond acceptors (Lipinski definition) is 5. The molecule has 1 aromatic heterocycles. The Morgan fingerprint density at radius 2 is 2.19 bits per heavy atom. The van der Waals surface area contributed by atoms with Gasteiger partial charge in [0.15, 0.2) is 0 Å². The van der Waals surface area contributed by atoms with E-state index in [4.69, 9.17) is 17.0 Å². The Kier molecular flexibility index (Phi) is 6.14. The van der Waals surface area contributed by atoms with Crippen LogP contribution in [0.2, 0.25) is 0 Å². The Morgan fingerprint density at radius 3 is 2.91 bits per heavy atom. The number of aliphatic hydroxyl groups is 1. The minimum Gasteiger partial charge on any atom is -0.497 e. The van der Waals surface area contributed by atoms with E-state index in [0.717, 1.165) is 47.0 Å². The number of ether oxygens (including phenoxy) is 1. The predicted molar refractivity (Wildman–Crippen MR) is 132 cm³/mol. The molecule has 1 aromatic carbocycles. The molecule has 2 aliphatic carbocycles. The van der Waals surface area contributed by atoms with E-state index in [1.165, 1.54) is 31.0 Å². The maximum atomic E-state index is 13.3. The summed E-state index contributed by atoms with van der Waals surface area (Å²) in [5.41, 5.74) is 3.97. The van der Waals surface area contributed by atoms with Gasteiger partial charge in [0, 0.05) is 29.6 Å². The Labute approximate surface area is 198 Å². The van der Waals surface area contributed by atoms with E-state index in [-0.39, 0.29) is 18.6 Å². The van der Waals surface area contributed by atoms with E-state index in [2.05, 4.69) is 11.1 Å². The summed E-state index contributed by atoms with van der Waals surface area (Å²) < 4.78 is 6.06. The average Bonchev–Trinajstić information content (AvgIpc) is 3.57. The number of aliphatic hydroxyl groups excluding tert-OH is 1. The first-order valence-corrected chi connectivity index (χ1v) is 12.5. The number of fused-ring (bicyclic) bond motifs is 2. The SMILES string of the molecule is COc1cccc(-c2cc(CCCO)c(/C=C3\SC(=S)N(C4CC5CCC4C5)C3=O)[nH]2)c1. The quantitative estimate of drug-likeness (QED) is 0.442. The number of aromatic amines is 1. The molecule has 7 heteroatoms. The summed E-state index contributed by atoms with van der Waals surface area (Å²) in [6, 6.07) is 10.3. The molecule has 3 atom stereocenters. The number of carbonyl (C=O) groups is 1. The van der Waals surface area contributed by atoms with Crippen molar-refractivity contribution in [1.82, 2.24) is 9.88 Å². The highest BCUT2D eigenvalue weighted by Gasteiger charge is 2.47. The normalized spacial score (nSPS) is 26.0. The van der Waals surface area contributed by atoms with Crippen molar-refractivity contribution in [1.29, 1.82) is 0 Å². The number of carbonyl (C=O) groups excluding carboxylic acids is 1. The van der Waals surface area contributed by atoms with E-state index in [9.17, 15) is 9.90 Å². The van der Waals surface area contributed by atoms with Gasteiger partial charge in [0.1, 0.15) is 10.1 Å². The number of thioether (sulfide) groups is 1. The molecule has 5 nitrogen and oxygen atoms in total. The summed E-state index contributed by atoms with van der Waals surface area (Å²) in [5.74, 6) is 2.20. The van der Waals surface area contributed by atoms with Gasteiger partial charge in [-0.3, -0.25) is 9.69 Å². The molecule has 2 saturated carbocycles. The lowest BCUT2D eigenvalue weighted by Gasteiger charge is -2.30. The molecule has 1 aliphatic heterocycles. The molecule has 3 aliphatic rings. The summed E-state index contributed by atoms with van der Waals surface area (Å²) in [7, 11) is 1.66. The molecule has 1 amide bonds. The van der Waals surface area contributed by atoms with Crippen LogP contribution in [-0.2, 0) is 11.2 Å². The highest BCUT2D eigenvalue weighted by atomic mass is 32.2. The van der Waals surface area contributed by atoms with Gasteiger partial charge in [0.2, 0.25) is 0 Å². The molecule has 3 unspecified atom stereocenters. The van der Waals surface area contributed by atoms with Gasteiger partial charge >= 0.3 is 0 Å². The largest absolute Gasteiger partial charge is 0.497 e. The second kappa shape index (κ2) is 9.04. The molecule has 5 rings (SSSR count). The van der Waals surface area contributed by atoms with Crippen LogP contribution in [-0.4, -0.2) is 45.0 Å². The van der Waals surface area contributed by atoms with Gasteiger partial charge in [-0.05, 0) is 73.8 Å². The highest BCUT2D eigenvalue weighted by Crippen LogP contribution is 2.49. The topological polar surface area (TPSA) is 65.6 Å². The summed E-state index contributed by atoms with van der Waals surface area (Å²) in [4.78, 5) is 19.4. The van der Waals surface area contributed by atoms with Gasteiger partial charge in [-0.2, -0.15) is 0 Å². The standard InChI is InChI=1S/C25H28N2O3S2/c1-30-19-6-2-4-16(12-19)20-13-17(5-3-9-28)21(26-20)14-23-24(29)27(25(31)32-23)22-11-15-7-8-18(22)10-15/h2,4,6,12-15,18,22,26,28H,3,5,7-11H2,1H3/b23-14-. The molecule has 0 radical (unpaired) electrons. The van der Waals surface area contributed by atoms with Gasteiger partial charge in [0.25, 0.3) is 5.91 Å². The average molecular weight is 469 g/mol. The number of methoxy groups -OCH3 is 1. The molecule has 32 heavy (non-hydrogen) atoms. The molecule has 3 fully saturated rings. The fraction of sp³-hybridized carbons (Fsp3) is 0.440. The van der Waals surface area contributed by atoms with Crippen LogP contribution in [0.15, 0.2) is 35.2 Å². The lowest BCUT2D eigenvalue weighted by Crippen LogP contribution is -2.41. The second-order valence-corrected chi connectivity index (χ2v) is 10.7. The molecule has 2 bridgehead atoms. The second-order valence-electron chi connectivity index (χ2n) is 8.97. The van der Waals surface area contributed by atoms with Crippen LogP contribution in [0.5, 0.6) is 5.75 Å². The van der Waals surface area contributed by atoms with Gasteiger partial charge in [-0.1, -0.05) is 42.5 Å². The zero-order chi connectivity index (χ0) is 22.2. The Bertz CT molecular complexity index is 1080. The maximum absolute atomic E-state index is 13.3.